The molecule has 6 nitrogen and oxygen atoms in total. The van der Waals surface area contributed by atoms with E-state index in [-0.39, 0.29) is 5.76 Å². The summed E-state index contributed by atoms with van der Waals surface area (Å²) in [5.74, 6) is -0.0520. The fraction of sp³-hybridized carbons (Fsp3) is 0.294. The Morgan fingerprint density at radius 1 is 1.22 bits per heavy atom. The highest BCUT2D eigenvalue weighted by Gasteiger charge is 2.23. The first kappa shape index (κ1) is 16.8. The van der Waals surface area contributed by atoms with Gasteiger partial charge in [0.05, 0.1) is 7.11 Å². The van der Waals surface area contributed by atoms with Gasteiger partial charge in [0.2, 0.25) is 0 Å². The summed E-state index contributed by atoms with van der Waals surface area (Å²) in [5.41, 5.74) is 0.940. The summed E-state index contributed by atoms with van der Waals surface area (Å²) in [6, 6.07) is 6.03. The van der Waals surface area contributed by atoms with E-state index < -0.39 is 17.7 Å². The Hall–Kier alpha value is -2.60. The van der Waals surface area contributed by atoms with Gasteiger partial charge in [0.15, 0.2) is 0 Å². The van der Waals surface area contributed by atoms with Crippen LogP contribution >= 0.6 is 0 Å². The van der Waals surface area contributed by atoms with Crippen LogP contribution < -0.4 is 10.4 Å². The van der Waals surface area contributed by atoms with Crippen molar-refractivity contribution in [3.8, 4) is 5.75 Å². The van der Waals surface area contributed by atoms with Gasteiger partial charge >= 0.3 is 11.6 Å². The van der Waals surface area contributed by atoms with Crippen molar-refractivity contribution in [1.82, 2.24) is 0 Å². The van der Waals surface area contributed by atoms with E-state index in [4.69, 9.17) is 13.9 Å². The molecule has 0 aliphatic carbocycles. The zero-order valence-corrected chi connectivity index (χ0v) is 13.4. The van der Waals surface area contributed by atoms with Crippen LogP contribution in [0.25, 0.3) is 11.0 Å². The van der Waals surface area contributed by atoms with Crippen LogP contribution in [0.4, 0.5) is 0 Å². The molecule has 1 heterocycles. The molecule has 1 N–H and O–H groups in total. The van der Waals surface area contributed by atoms with E-state index in [0.717, 1.165) is 0 Å². The summed E-state index contributed by atoms with van der Waals surface area (Å²) < 4.78 is 15.5. The number of aliphatic hydroxyl groups excluding tert-OH is 1. The molecule has 122 valence electrons. The lowest BCUT2D eigenvalue weighted by Gasteiger charge is -2.19. The maximum atomic E-state index is 11.3. The summed E-state index contributed by atoms with van der Waals surface area (Å²) in [7, 11) is 1.44. The molecule has 23 heavy (non-hydrogen) atoms. The molecule has 0 aliphatic rings. The molecule has 0 amide bonds. The number of ether oxygens (including phenoxy) is 2. The van der Waals surface area contributed by atoms with Crippen molar-refractivity contribution in [2.45, 2.75) is 26.9 Å². The second-order valence-corrected chi connectivity index (χ2v) is 5.25. The number of allylic oxidation sites excluding steroid dienone is 1. The number of carbonyl (C=O) groups excluding carboxylic acids is 1. The lowest BCUT2D eigenvalue weighted by atomic mass is 10.0. The predicted octanol–water partition coefficient (Wildman–Crippen LogP) is 2.69. The van der Waals surface area contributed by atoms with E-state index in [1.807, 2.05) is 0 Å². The van der Waals surface area contributed by atoms with Crippen molar-refractivity contribution in [1.29, 1.82) is 0 Å². The van der Waals surface area contributed by atoms with Gasteiger partial charge in [0.1, 0.15) is 23.2 Å². The van der Waals surface area contributed by atoms with E-state index in [0.29, 0.717) is 27.9 Å². The number of hydrogen-bond acceptors (Lipinski definition) is 6. The molecule has 0 aliphatic heterocycles. The molecule has 1 atom stereocenters. The fourth-order valence-corrected chi connectivity index (χ4v) is 2.23. The third-order valence-electron chi connectivity index (χ3n) is 3.26. The van der Waals surface area contributed by atoms with Crippen molar-refractivity contribution in [2.75, 3.05) is 7.11 Å². The quantitative estimate of drug-likeness (QED) is 0.530. The predicted molar refractivity (Wildman–Crippen MR) is 84.1 cm³/mol. The molecule has 0 spiro atoms. The van der Waals surface area contributed by atoms with Gasteiger partial charge in [-0.1, -0.05) is 0 Å². The van der Waals surface area contributed by atoms with Gasteiger partial charge in [-0.15, -0.1) is 0 Å². The first-order valence-electron chi connectivity index (χ1n) is 6.99. The standard InChI is InChI=1S/C17H18O6/c1-9(2)17(22-10(3)18)16(20)12-7-11-5-6-15(19)23-13(11)8-14(12)21-4/h5-8,16,20H,1-4H3/t16-/m1/s1. The van der Waals surface area contributed by atoms with Crippen molar-refractivity contribution >= 4 is 16.9 Å². The number of carbonyl (C=O) groups is 1. The normalized spacial score (nSPS) is 11.9. The minimum Gasteiger partial charge on any atom is -0.496 e. The Morgan fingerprint density at radius 2 is 1.91 bits per heavy atom. The Balaban J connectivity index is 2.60. The molecule has 2 rings (SSSR count). The van der Waals surface area contributed by atoms with Gasteiger partial charge in [-0.05, 0) is 31.6 Å². The maximum Gasteiger partial charge on any atom is 0.336 e. The zero-order chi connectivity index (χ0) is 17.1. The third kappa shape index (κ3) is 3.60. The van der Waals surface area contributed by atoms with Gasteiger partial charge in [-0.3, -0.25) is 4.79 Å². The Morgan fingerprint density at radius 3 is 2.48 bits per heavy atom. The first-order valence-corrected chi connectivity index (χ1v) is 6.99. The maximum absolute atomic E-state index is 11.3. The molecular formula is C17H18O6. The van der Waals surface area contributed by atoms with E-state index in [9.17, 15) is 14.7 Å². The minimum atomic E-state index is -1.19. The summed E-state index contributed by atoms with van der Waals surface area (Å²) in [6.07, 6.45) is -1.19. The summed E-state index contributed by atoms with van der Waals surface area (Å²) in [6.45, 7) is 4.73. The number of benzene rings is 1. The topological polar surface area (TPSA) is 86.0 Å². The average Bonchev–Trinajstić information content (AvgIpc) is 2.50. The molecule has 0 bridgehead atoms. The Bertz CT molecular complexity index is 827. The van der Waals surface area contributed by atoms with Gasteiger partial charge in [-0.2, -0.15) is 0 Å². The van der Waals surface area contributed by atoms with Gasteiger partial charge in [0, 0.05) is 30.0 Å². The van der Waals surface area contributed by atoms with Crippen molar-refractivity contribution < 1.29 is 23.8 Å². The molecule has 1 aromatic carbocycles. The number of aliphatic hydroxyl groups is 1. The highest BCUT2D eigenvalue weighted by atomic mass is 16.5. The summed E-state index contributed by atoms with van der Waals surface area (Å²) in [5, 5.41) is 11.2. The highest BCUT2D eigenvalue weighted by molar-refractivity contribution is 5.79. The zero-order valence-electron chi connectivity index (χ0n) is 13.4. The van der Waals surface area contributed by atoms with Crippen LogP contribution in [-0.4, -0.2) is 18.2 Å². The average molecular weight is 318 g/mol. The minimum absolute atomic E-state index is 0.146. The Labute approximate surface area is 132 Å². The molecule has 6 heteroatoms. The summed E-state index contributed by atoms with van der Waals surface area (Å²) >= 11 is 0. The number of rotatable bonds is 4. The number of hydrogen-bond donors (Lipinski definition) is 1. The smallest absolute Gasteiger partial charge is 0.336 e. The van der Waals surface area contributed by atoms with Crippen molar-refractivity contribution in [3.63, 3.8) is 0 Å². The lowest BCUT2D eigenvalue weighted by Crippen LogP contribution is -2.11. The SMILES string of the molecule is COc1cc2oc(=O)ccc2cc1[C@@H](O)C(OC(C)=O)=C(C)C. The second kappa shape index (κ2) is 6.66. The fourth-order valence-electron chi connectivity index (χ4n) is 2.23. The monoisotopic (exact) mass is 318 g/mol. The lowest BCUT2D eigenvalue weighted by molar-refractivity contribution is -0.138. The van der Waals surface area contributed by atoms with Crippen molar-refractivity contribution in [2.24, 2.45) is 0 Å². The molecule has 0 saturated heterocycles. The van der Waals surface area contributed by atoms with Crippen molar-refractivity contribution in [3.05, 3.63) is 51.6 Å². The third-order valence-corrected chi connectivity index (χ3v) is 3.26. The van der Waals surface area contributed by atoms with E-state index in [1.165, 1.54) is 26.2 Å². The molecule has 2 aromatic rings. The number of methoxy groups -OCH3 is 1. The van der Waals surface area contributed by atoms with Crippen LogP contribution in [0.3, 0.4) is 0 Å². The van der Waals surface area contributed by atoms with Crippen LogP contribution in [0.2, 0.25) is 0 Å². The van der Waals surface area contributed by atoms with Crippen LogP contribution in [0.15, 0.2) is 44.8 Å². The van der Waals surface area contributed by atoms with E-state index >= 15 is 0 Å². The van der Waals surface area contributed by atoms with Gasteiger partial charge < -0.3 is 19.0 Å². The molecule has 0 fully saturated rings. The van der Waals surface area contributed by atoms with Crippen LogP contribution in [0.5, 0.6) is 5.75 Å². The van der Waals surface area contributed by atoms with Crippen LogP contribution in [-0.2, 0) is 9.53 Å². The molecule has 1 aromatic heterocycles. The highest BCUT2D eigenvalue weighted by Crippen LogP contribution is 2.35. The summed E-state index contributed by atoms with van der Waals surface area (Å²) in [4.78, 5) is 22.5. The van der Waals surface area contributed by atoms with E-state index in [2.05, 4.69) is 0 Å². The molecule has 0 radical (unpaired) electrons. The van der Waals surface area contributed by atoms with E-state index in [1.54, 1.807) is 26.0 Å². The second-order valence-electron chi connectivity index (χ2n) is 5.25. The van der Waals surface area contributed by atoms with Crippen LogP contribution in [0, 0.1) is 0 Å². The number of fused-ring (bicyclic) bond motifs is 1. The number of esters is 1. The van der Waals surface area contributed by atoms with Crippen LogP contribution in [0.1, 0.15) is 32.4 Å². The molecular weight excluding hydrogens is 300 g/mol. The first-order chi connectivity index (χ1) is 10.8. The largest absolute Gasteiger partial charge is 0.496 e. The van der Waals surface area contributed by atoms with Gasteiger partial charge in [-0.25, -0.2) is 4.79 Å². The molecule has 0 saturated carbocycles. The Kier molecular flexibility index (Phi) is 4.86. The molecule has 0 unspecified atom stereocenters. The van der Waals surface area contributed by atoms with Gasteiger partial charge in [0.25, 0.3) is 0 Å².